The molecule has 0 unspecified atom stereocenters. The van der Waals surface area contributed by atoms with Crippen LogP contribution in [0, 0.1) is 0 Å². The largest absolute Gasteiger partial charge is 0.493 e. The van der Waals surface area contributed by atoms with Gasteiger partial charge in [0.2, 0.25) is 11.8 Å². The van der Waals surface area contributed by atoms with E-state index in [4.69, 9.17) is 4.74 Å². The number of hydrogen-bond donors (Lipinski definition) is 1. The van der Waals surface area contributed by atoms with Crippen LogP contribution in [0.2, 0.25) is 0 Å². The molecule has 1 fully saturated rings. The van der Waals surface area contributed by atoms with Crippen molar-refractivity contribution in [2.45, 2.75) is 19.3 Å². The SMILES string of the molecule is O=C(CCOc1cccc(Br)c1)Nc1ccc(N2CCCC2=O)cc1. The van der Waals surface area contributed by atoms with E-state index in [9.17, 15) is 9.59 Å². The lowest BCUT2D eigenvalue weighted by Crippen LogP contribution is -2.23. The molecule has 0 aliphatic carbocycles. The van der Waals surface area contributed by atoms with Gasteiger partial charge in [0.15, 0.2) is 0 Å². The van der Waals surface area contributed by atoms with Gasteiger partial charge < -0.3 is 15.0 Å². The predicted molar refractivity (Wildman–Crippen MR) is 101 cm³/mol. The highest BCUT2D eigenvalue weighted by atomic mass is 79.9. The van der Waals surface area contributed by atoms with Crippen molar-refractivity contribution in [3.8, 4) is 5.75 Å². The number of ether oxygens (including phenoxy) is 1. The fourth-order valence-electron chi connectivity index (χ4n) is 2.69. The number of rotatable bonds is 6. The Balaban J connectivity index is 1.47. The minimum absolute atomic E-state index is 0.111. The maximum atomic E-state index is 12.0. The predicted octanol–water partition coefficient (Wildman–Crippen LogP) is 3.98. The molecule has 0 radical (unpaired) electrons. The lowest BCUT2D eigenvalue weighted by molar-refractivity contribution is -0.117. The van der Waals surface area contributed by atoms with E-state index < -0.39 is 0 Å². The van der Waals surface area contributed by atoms with Crippen molar-refractivity contribution in [2.24, 2.45) is 0 Å². The summed E-state index contributed by atoms with van der Waals surface area (Å²) in [5.41, 5.74) is 1.58. The second-order valence-electron chi connectivity index (χ2n) is 5.80. The Morgan fingerprint density at radius 1 is 1.20 bits per heavy atom. The van der Waals surface area contributed by atoms with E-state index in [1.807, 2.05) is 48.5 Å². The number of nitrogens with one attached hydrogen (secondary N) is 1. The van der Waals surface area contributed by atoms with Crippen LogP contribution < -0.4 is 15.0 Å². The van der Waals surface area contributed by atoms with Crippen molar-refractivity contribution in [3.63, 3.8) is 0 Å². The Bertz CT molecular complexity index is 762. The van der Waals surface area contributed by atoms with Crippen molar-refractivity contribution in [3.05, 3.63) is 53.0 Å². The van der Waals surface area contributed by atoms with Gasteiger partial charge in [-0.1, -0.05) is 22.0 Å². The van der Waals surface area contributed by atoms with Crippen molar-refractivity contribution in [1.29, 1.82) is 0 Å². The van der Waals surface area contributed by atoms with Gasteiger partial charge in [-0.05, 0) is 48.9 Å². The zero-order chi connectivity index (χ0) is 17.6. The highest BCUT2D eigenvalue weighted by Crippen LogP contribution is 2.23. The number of anilines is 2. The van der Waals surface area contributed by atoms with E-state index in [1.165, 1.54) is 0 Å². The summed E-state index contributed by atoms with van der Waals surface area (Å²) >= 11 is 3.38. The van der Waals surface area contributed by atoms with Gasteiger partial charge in [0.05, 0.1) is 13.0 Å². The van der Waals surface area contributed by atoms with Gasteiger partial charge in [0.1, 0.15) is 5.75 Å². The summed E-state index contributed by atoms with van der Waals surface area (Å²) < 4.78 is 6.49. The minimum atomic E-state index is -0.111. The van der Waals surface area contributed by atoms with Crippen LogP contribution in [0.3, 0.4) is 0 Å². The molecule has 130 valence electrons. The number of amides is 2. The molecule has 1 N–H and O–H groups in total. The third kappa shape index (κ3) is 4.82. The van der Waals surface area contributed by atoms with Crippen LogP contribution in [0.1, 0.15) is 19.3 Å². The fraction of sp³-hybridized carbons (Fsp3) is 0.263. The molecule has 0 atom stereocenters. The van der Waals surface area contributed by atoms with Gasteiger partial charge in [-0.2, -0.15) is 0 Å². The van der Waals surface area contributed by atoms with E-state index in [0.717, 1.165) is 28.9 Å². The number of benzene rings is 2. The second-order valence-corrected chi connectivity index (χ2v) is 6.72. The van der Waals surface area contributed by atoms with Crippen molar-refractivity contribution in [1.82, 2.24) is 0 Å². The van der Waals surface area contributed by atoms with E-state index in [0.29, 0.717) is 18.7 Å². The third-order valence-corrected chi connectivity index (χ3v) is 4.42. The standard InChI is InChI=1S/C19H19BrN2O3/c20-14-3-1-4-17(13-14)25-12-10-18(23)21-15-6-8-16(9-7-15)22-11-2-5-19(22)24/h1,3-4,6-9,13H,2,5,10-12H2,(H,21,23). The summed E-state index contributed by atoms with van der Waals surface area (Å²) in [7, 11) is 0. The van der Waals surface area contributed by atoms with Gasteiger partial charge in [0.25, 0.3) is 0 Å². The molecule has 1 saturated heterocycles. The smallest absolute Gasteiger partial charge is 0.227 e. The highest BCUT2D eigenvalue weighted by molar-refractivity contribution is 9.10. The molecule has 0 spiro atoms. The van der Waals surface area contributed by atoms with Crippen molar-refractivity contribution < 1.29 is 14.3 Å². The molecule has 3 rings (SSSR count). The molecule has 2 aromatic carbocycles. The second kappa shape index (κ2) is 8.16. The van der Waals surface area contributed by atoms with E-state index in [-0.39, 0.29) is 18.2 Å². The molecule has 6 heteroatoms. The summed E-state index contributed by atoms with van der Waals surface area (Å²) in [5, 5.41) is 2.84. The van der Waals surface area contributed by atoms with Gasteiger partial charge in [0, 0.05) is 28.8 Å². The van der Waals surface area contributed by atoms with Crippen LogP contribution in [0.25, 0.3) is 0 Å². The first-order valence-electron chi connectivity index (χ1n) is 8.20. The third-order valence-electron chi connectivity index (χ3n) is 3.93. The Morgan fingerprint density at radius 3 is 2.68 bits per heavy atom. The zero-order valence-corrected chi connectivity index (χ0v) is 15.3. The van der Waals surface area contributed by atoms with Crippen LogP contribution in [0.5, 0.6) is 5.75 Å². The first-order valence-corrected chi connectivity index (χ1v) is 9.00. The normalized spacial score (nSPS) is 13.8. The van der Waals surface area contributed by atoms with Gasteiger partial charge in [-0.3, -0.25) is 9.59 Å². The highest BCUT2D eigenvalue weighted by Gasteiger charge is 2.21. The Kier molecular flexibility index (Phi) is 5.71. The number of carbonyl (C=O) groups excluding carboxylic acids is 2. The number of halogens is 1. The maximum absolute atomic E-state index is 12.0. The number of nitrogens with zero attached hydrogens (tertiary/aromatic N) is 1. The Labute approximate surface area is 155 Å². The lowest BCUT2D eigenvalue weighted by Gasteiger charge is -2.16. The molecule has 1 aliphatic rings. The summed E-state index contributed by atoms with van der Waals surface area (Å²) in [4.78, 5) is 25.5. The molecule has 25 heavy (non-hydrogen) atoms. The van der Waals surface area contributed by atoms with E-state index in [1.54, 1.807) is 4.90 Å². The molecule has 1 aliphatic heterocycles. The molecule has 2 aromatic rings. The molecule has 0 saturated carbocycles. The Morgan fingerprint density at radius 2 is 2.00 bits per heavy atom. The van der Waals surface area contributed by atoms with Crippen molar-refractivity contribution >= 4 is 39.1 Å². The van der Waals surface area contributed by atoms with Crippen LogP contribution in [-0.4, -0.2) is 25.0 Å². The summed E-state index contributed by atoms with van der Waals surface area (Å²) in [6.45, 7) is 1.07. The van der Waals surface area contributed by atoms with E-state index in [2.05, 4.69) is 21.2 Å². The molecule has 2 amide bonds. The fourth-order valence-corrected chi connectivity index (χ4v) is 3.07. The molecule has 5 nitrogen and oxygen atoms in total. The quantitative estimate of drug-likeness (QED) is 0.794. The molecular formula is C19H19BrN2O3. The number of carbonyl (C=O) groups is 2. The molecular weight excluding hydrogens is 384 g/mol. The summed E-state index contributed by atoms with van der Waals surface area (Å²) in [6.07, 6.45) is 1.77. The van der Waals surface area contributed by atoms with Gasteiger partial charge in [-0.25, -0.2) is 0 Å². The topological polar surface area (TPSA) is 58.6 Å². The van der Waals surface area contributed by atoms with Crippen LogP contribution in [0.15, 0.2) is 53.0 Å². The molecule has 1 heterocycles. The molecule has 0 aromatic heterocycles. The minimum Gasteiger partial charge on any atom is -0.493 e. The maximum Gasteiger partial charge on any atom is 0.227 e. The van der Waals surface area contributed by atoms with E-state index >= 15 is 0 Å². The summed E-state index contributed by atoms with van der Waals surface area (Å²) in [6, 6.07) is 14.8. The first-order chi connectivity index (χ1) is 12.1. The van der Waals surface area contributed by atoms with Crippen LogP contribution in [-0.2, 0) is 9.59 Å². The summed E-state index contributed by atoms with van der Waals surface area (Å²) in [5.74, 6) is 0.767. The Hall–Kier alpha value is -2.34. The van der Waals surface area contributed by atoms with Gasteiger partial charge >= 0.3 is 0 Å². The molecule has 0 bridgehead atoms. The average molecular weight is 403 g/mol. The monoisotopic (exact) mass is 402 g/mol. The first kappa shape index (κ1) is 17.5. The van der Waals surface area contributed by atoms with Gasteiger partial charge in [-0.15, -0.1) is 0 Å². The average Bonchev–Trinajstić information content (AvgIpc) is 3.02. The zero-order valence-electron chi connectivity index (χ0n) is 13.7. The van der Waals surface area contributed by atoms with Crippen LogP contribution >= 0.6 is 15.9 Å². The van der Waals surface area contributed by atoms with Crippen LogP contribution in [0.4, 0.5) is 11.4 Å². The lowest BCUT2D eigenvalue weighted by atomic mass is 10.2. The van der Waals surface area contributed by atoms with Crippen molar-refractivity contribution in [2.75, 3.05) is 23.4 Å². The number of hydrogen-bond acceptors (Lipinski definition) is 3.